The second kappa shape index (κ2) is 12.1. The van der Waals surface area contributed by atoms with Gasteiger partial charge in [0.25, 0.3) is 0 Å². The van der Waals surface area contributed by atoms with Crippen LogP contribution in [0.25, 0.3) is 0 Å². The van der Waals surface area contributed by atoms with Gasteiger partial charge >= 0.3 is 5.97 Å². The number of nitrogens with one attached hydrogen (secondary N) is 3. The highest BCUT2D eigenvalue weighted by Gasteiger charge is 2.32. The third kappa shape index (κ3) is 8.45. The molecule has 1 saturated heterocycles. The lowest BCUT2D eigenvalue weighted by Gasteiger charge is -2.26. The molecule has 1 unspecified atom stereocenters. The molecule has 10 nitrogen and oxygen atoms in total. The van der Waals surface area contributed by atoms with E-state index in [-0.39, 0.29) is 36.6 Å². The molecular formula is C21H30N4O6S2. The number of phenols is 1. The molecule has 0 aliphatic carbocycles. The zero-order valence-electron chi connectivity index (χ0n) is 18.5. The predicted molar refractivity (Wildman–Crippen MR) is 128 cm³/mol. The van der Waals surface area contributed by atoms with Gasteiger partial charge in [-0.1, -0.05) is 47.6 Å². The molecule has 0 bridgehead atoms. The zero-order chi connectivity index (χ0) is 24.6. The predicted octanol–water partition coefficient (Wildman–Crippen LogP) is 0.244. The molecule has 33 heavy (non-hydrogen) atoms. The number of phenolic OH excluding ortho intramolecular Hbond substituents is 1. The number of rotatable bonds is 5. The Labute approximate surface area is 200 Å². The fourth-order valence-electron chi connectivity index (χ4n) is 2.94. The third-order valence-electron chi connectivity index (χ3n) is 5.18. The number of benzene rings is 1. The smallest absolute Gasteiger partial charge is 0.327 e. The van der Waals surface area contributed by atoms with E-state index in [0.29, 0.717) is 0 Å². The van der Waals surface area contributed by atoms with Gasteiger partial charge in [0.05, 0.1) is 6.04 Å². The molecule has 1 fully saturated rings. The summed E-state index contributed by atoms with van der Waals surface area (Å²) in [7, 11) is 2.42. The molecule has 7 N–H and O–H groups in total. The van der Waals surface area contributed by atoms with Crippen molar-refractivity contribution >= 4 is 45.3 Å². The number of carboxylic acids is 1. The molecule has 1 aliphatic heterocycles. The van der Waals surface area contributed by atoms with E-state index in [2.05, 4.69) is 16.0 Å². The standard InChI is InChI=1S/C21H30N4O6S2/c1-21(2)7-8-23-18(28)15(10-32-33-11-16(19(29)30)25-20(21)31)24-17(27)14(22)9-12-3-5-13(26)6-4-12/h3-6,14-16,26H,7-11,22H2,1-2H3,(H,23,28)(H,24,27)(H,25,31)(H,29,30)/t14-,15-,16?/m0/s1. The maximum atomic E-state index is 12.7. The maximum absolute atomic E-state index is 12.7. The van der Waals surface area contributed by atoms with Crippen molar-refractivity contribution in [2.45, 2.75) is 44.8 Å². The molecule has 0 spiro atoms. The van der Waals surface area contributed by atoms with Gasteiger partial charge in [-0.2, -0.15) is 0 Å². The van der Waals surface area contributed by atoms with Crippen LogP contribution in [0.5, 0.6) is 5.75 Å². The highest BCUT2D eigenvalue weighted by Crippen LogP contribution is 2.25. The molecule has 1 aromatic rings. The Morgan fingerprint density at radius 1 is 1.21 bits per heavy atom. The lowest BCUT2D eigenvalue weighted by atomic mass is 9.88. The Morgan fingerprint density at radius 2 is 1.85 bits per heavy atom. The van der Waals surface area contributed by atoms with E-state index in [1.807, 2.05) is 0 Å². The van der Waals surface area contributed by atoms with Crippen molar-refractivity contribution in [1.82, 2.24) is 16.0 Å². The summed E-state index contributed by atoms with van der Waals surface area (Å²) in [6.45, 7) is 3.54. The Bertz CT molecular complexity index is 865. The Kier molecular flexibility index (Phi) is 9.87. The molecular weight excluding hydrogens is 468 g/mol. The van der Waals surface area contributed by atoms with Crippen molar-refractivity contribution in [2.75, 3.05) is 18.1 Å². The summed E-state index contributed by atoms with van der Waals surface area (Å²) < 4.78 is 0. The van der Waals surface area contributed by atoms with Gasteiger partial charge in [-0.3, -0.25) is 14.4 Å². The minimum Gasteiger partial charge on any atom is -0.508 e. The molecule has 1 aliphatic rings. The second-order valence-electron chi connectivity index (χ2n) is 8.40. The molecule has 0 aromatic heterocycles. The molecule has 3 atom stereocenters. The van der Waals surface area contributed by atoms with Gasteiger partial charge in [0.15, 0.2) is 0 Å². The lowest BCUT2D eigenvalue weighted by Crippen LogP contribution is -2.53. The lowest BCUT2D eigenvalue weighted by molar-refractivity contribution is -0.142. The van der Waals surface area contributed by atoms with Crippen LogP contribution < -0.4 is 21.7 Å². The number of carbonyl (C=O) groups is 4. The Balaban J connectivity index is 2.05. The topological polar surface area (TPSA) is 171 Å². The van der Waals surface area contributed by atoms with Gasteiger partial charge in [-0.15, -0.1) is 0 Å². The molecule has 0 radical (unpaired) electrons. The SMILES string of the molecule is CC1(C)CCNC(=O)[C@@H](NC(=O)[C@@H](N)Cc2ccc(O)cc2)CSSCC(C(=O)O)NC1=O. The van der Waals surface area contributed by atoms with E-state index in [0.717, 1.165) is 5.56 Å². The van der Waals surface area contributed by atoms with Crippen LogP contribution in [0.3, 0.4) is 0 Å². The fourth-order valence-corrected chi connectivity index (χ4v) is 5.25. The summed E-state index contributed by atoms with van der Waals surface area (Å²) in [5.41, 5.74) is 5.89. The molecule has 3 amide bonds. The largest absolute Gasteiger partial charge is 0.508 e. The van der Waals surface area contributed by atoms with Gasteiger partial charge in [0.2, 0.25) is 17.7 Å². The number of aromatic hydroxyl groups is 1. The van der Waals surface area contributed by atoms with Crippen LogP contribution in [0.4, 0.5) is 0 Å². The van der Waals surface area contributed by atoms with Crippen LogP contribution in [-0.4, -0.2) is 70.1 Å². The monoisotopic (exact) mass is 498 g/mol. The second-order valence-corrected chi connectivity index (χ2v) is 10.9. The molecule has 1 aromatic carbocycles. The molecule has 12 heteroatoms. The number of hydrogen-bond acceptors (Lipinski definition) is 8. The highest BCUT2D eigenvalue weighted by molar-refractivity contribution is 8.76. The molecule has 0 saturated carbocycles. The van der Waals surface area contributed by atoms with Gasteiger partial charge < -0.3 is 31.9 Å². The zero-order valence-corrected chi connectivity index (χ0v) is 20.1. The number of amides is 3. The van der Waals surface area contributed by atoms with Gasteiger partial charge in [-0.25, -0.2) is 4.79 Å². The third-order valence-corrected chi connectivity index (χ3v) is 7.60. The van der Waals surface area contributed by atoms with E-state index in [1.54, 1.807) is 26.0 Å². The average Bonchev–Trinajstić information content (AvgIpc) is 2.75. The number of carboxylic acid groups (broad SMARTS) is 1. The first-order valence-electron chi connectivity index (χ1n) is 10.4. The van der Waals surface area contributed by atoms with E-state index in [9.17, 15) is 29.4 Å². The quantitative estimate of drug-likeness (QED) is 0.311. The Hall–Kier alpha value is -2.44. The summed E-state index contributed by atoms with van der Waals surface area (Å²) in [5, 5.41) is 26.7. The number of nitrogens with two attached hydrogens (primary N) is 1. The van der Waals surface area contributed by atoms with Crippen molar-refractivity contribution in [3.63, 3.8) is 0 Å². The van der Waals surface area contributed by atoms with Gasteiger partial charge in [0, 0.05) is 23.5 Å². The number of hydrogen-bond donors (Lipinski definition) is 6. The minimum absolute atomic E-state index is 0.102. The van der Waals surface area contributed by atoms with Crippen LogP contribution in [0.15, 0.2) is 24.3 Å². The van der Waals surface area contributed by atoms with Crippen LogP contribution in [0.2, 0.25) is 0 Å². The number of carbonyl (C=O) groups excluding carboxylic acids is 3. The van der Waals surface area contributed by atoms with Gasteiger partial charge in [-0.05, 0) is 30.5 Å². The van der Waals surface area contributed by atoms with Crippen LogP contribution in [-0.2, 0) is 25.6 Å². The van der Waals surface area contributed by atoms with Crippen molar-refractivity contribution < 1.29 is 29.4 Å². The van der Waals surface area contributed by atoms with Crippen LogP contribution >= 0.6 is 21.6 Å². The first kappa shape index (κ1) is 26.8. The first-order valence-corrected chi connectivity index (χ1v) is 12.9. The normalized spacial score (nSPS) is 23.0. The maximum Gasteiger partial charge on any atom is 0.327 e. The summed E-state index contributed by atoms with van der Waals surface area (Å²) in [4.78, 5) is 49.4. The van der Waals surface area contributed by atoms with Crippen molar-refractivity contribution in [3.8, 4) is 5.75 Å². The summed E-state index contributed by atoms with van der Waals surface area (Å²) in [5.74, 6) is -2.04. The fraction of sp³-hybridized carbons (Fsp3) is 0.524. The summed E-state index contributed by atoms with van der Waals surface area (Å²) in [6, 6.07) is 3.49. The van der Waals surface area contributed by atoms with E-state index in [4.69, 9.17) is 5.73 Å². The summed E-state index contributed by atoms with van der Waals surface area (Å²) in [6.07, 6.45) is 0.517. The van der Waals surface area contributed by atoms with Crippen molar-refractivity contribution in [2.24, 2.45) is 11.1 Å². The van der Waals surface area contributed by atoms with Gasteiger partial charge in [0.1, 0.15) is 17.8 Å². The van der Waals surface area contributed by atoms with Crippen LogP contribution in [0, 0.1) is 5.41 Å². The van der Waals surface area contributed by atoms with E-state index in [1.165, 1.54) is 33.7 Å². The van der Waals surface area contributed by atoms with Crippen molar-refractivity contribution in [3.05, 3.63) is 29.8 Å². The Morgan fingerprint density at radius 3 is 2.48 bits per heavy atom. The van der Waals surface area contributed by atoms with E-state index >= 15 is 0 Å². The summed E-state index contributed by atoms with van der Waals surface area (Å²) >= 11 is 0. The molecule has 2 rings (SSSR count). The highest BCUT2D eigenvalue weighted by atomic mass is 33.1. The first-order chi connectivity index (χ1) is 15.5. The van der Waals surface area contributed by atoms with Crippen molar-refractivity contribution in [1.29, 1.82) is 0 Å². The minimum atomic E-state index is -1.14. The molecule has 1 heterocycles. The van der Waals surface area contributed by atoms with Crippen LogP contribution in [0.1, 0.15) is 25.8 Å². The average molecular weight is 499 g/mol. The number of aliphatic carboxylic acids is 1. The van der Waals surface area contributed by atoms with E-state index < -0.39 is 47.2 Å². The molecule has 182 valence electrons.